The zero-order valence-electron chi connectivity index (χ0n) is 14.0. The van der Waals surface area contributed by atoms with Crippen LogP contribution in [-0.4, -0.2) is 39.9 Å². The van der Waals surface area contributed by atoms with Crippen molar-refractivity contribution in [3.05, 3.63) is 29.6 Å². The number of benzene rings is 1. The Hall–Kier alpha value is -2.50. The molecule has 126 valence electrons. The molecule has 1 aromatic heterocycles. The number of hydrogen-bond donors (Lipinski definition) is 1. The van der Waals surface area contributed by atoms with Crippen LogP contribution in [-0.2, 0) is 9.59 Å². The smallest absolute Gasteiger partial charge is 0.372 e. The molecule has 2 heterocycles. The molecule has 0 spiro atoms. The van der Waals surface area contributed by atoms with Crippen LogP contribution < -0.4 is 4.90 Å². The Balaban J connectivity index is 1.77. The van der Waals surface area contributed by atoms with Gasteiger partial charge in [-0.25, -0.2) is 14.8 Å². The van der Waals surface area contributed by atoms with E-state index in [4.69, 9.17) is 5.11 Å². The van der Waals surface area contributed by atoms with Gasteiger partial charge in [0.2, 0.25) is 5.78 Å². The largest absolute Gasteiger partial charge is 0.476 e. The fourth-order valence-electron chi connectivity index (χ4n) is 3.25. The SMILES string of the molecule is Cc1cc2ncnc(N3CCC(CC(=O)C(=O)O)CC3)c2cc1C. The number of aliphatic carboxylic acids is 1. The van der Waals surface area contributed by atoms with E-state index in [0.717, 1.165) is 42.7 Å². The van der Waals surface area contributed by atoms with Crippen LogP contribution >= 0.6 is 0 Å². The highest BCUT2D eigenvalue weighted by Crippen LogP contribution is 2.30. The van der Waals surface area contributed by atoms with Crippen LogP contribution in [0.3, 0.4) is 0 Å². The van der Waals surface area contributed by atoms with Gasteiger partial charge in [-0.15, -0.1) is 0 Å². The molecule has 0 atom stereocenters. The zero-order chi connectivity index (χ0) is 17.3. The third-order valence-electron chi connectivity index (χ3n) is 4.86. The van der Waals surface area contributed by atoms with Gasteiger partial charge in [-0.1, -0.05) is 0 Å². The summed E-state index contributed by atoms with van der Waals surface area (Å²) in [4.78, 5) is 33.1. The number of ketones is 1. The summed E-state index contributed by atoms with van der Waals surface area (Å²) in [6.07, 6.45) is 3.32. The van der Waals surface area contributed by atoms with Crippen LogP contribution in [0, 0.1) is 19.8 Å². The molecule has 0 amide bonds. The first-order valence-corrected chi connectivity index (χ1v) is 8.18. The second-order valence-corrected chi connectivity index (χ2v) is 6.51. The fraction of sp³-hybridized carbons (Fsp3) is 0.444. The number of Topliss-reactive ketones (excluding diaryl/α,β-unsaturated/α-hetero) is 1. The summed E-state index contributed by atoms with van der Waals surface area (Å²) in [5.74, 6) is -0.954. The molecular weight excluding hydrogens is 306 g/mol. The van der Waals surface area contributed by atoms with Crippen LogP contribution in [0.15, 0.2) is 18.5 Å². The van der Waals surface area contributed by atoms with E-state index >= 15 is 0 Å². The van der Waals surface area contributed by atoms with Gasteiger partial charge in [-0.2, -0.15) is 0 Å². The Kier molecular flexibility index (Phi) is 4.46. The lowest BCUT2D eigenvalue weighted by molar-refractivity contribution is -0.149. The normalized spacial score (nSPS) is 15.7. The number of carbonyl (C=O) groups is 2. The summed E-state index contributed by atoms with van der Waals surface area (Å²) in [7, 11) is 0. The number of aryl methyl sites for hydroxylation is 2. The lowest BCUT2D eigenvalue weighted by Crippen LogP contribution is -2.35. The van der Waals surface area contributed by atoms with Crippen LogP contribution in [0.25, 0.3) is 10.9 Å². The van der Waals surface area contributed by atoms with Crippen LogP contribution in [0.4, 0.5) is 5.82 Å². The highest BCUT2D eigenvalue weighted by Gasteiger charge is 2.25. The van der Waals surface area contributed by atoms with Crippen LogP contribution in [0.2, 0.25) is 0 Å². The number of anilines is 1. The standard InChI is InChI=1S/C18H21N3O3/c1-11-7-14-15(8-12(11)2)19-10-20-17(14)21-5-3-13(4-6-21)9-16(22)18(23)24/h7-8,10,13H,3-6,9H2,1-2H3,(H,23,24). The Morgan fingerprint density at radius 1 is 1.17 bits per heavy atom. The summed E-state index contributed by atoms with van der Waals surface area (Å²) >= 11 is 0. The monoisotopic (exact) mass is 327 g/mol. The van der Waals surface area contributed by atoms with Crippen molar-refractivity contribution in [2.45, 2.75) is 33.1 Å². The first-order valence-electron chi connectivity index (χ1n) is 8.18. The number of nitrogens with zero attached hydrogens (tertiary/aromatic N) is 3. The number of rotatable bonds is 4. The van der Waals surface area contributed by atoms with Crippen molar-refractivity contribution in [3.63, 3.8) is 0 Å². The number of fused-ring (bicyclic) bond motifs is 1. The van der Waals surface area contributed by atoms with Gasteiger partial charge in [0.1, 0.15) is 12.1 Å². The highest BCUT2D eigenvalue weighted by molar-refractivity contribution is 6.32. The number of aromatic nitrogens is 2. The molecule has 1 aliphatic rings. The molecular formula is C18H21N3O3. The molecule has 24 heavy (non-hydrogen) atoms. The van der Waals surface area contributed by atoms with E-state index in [2.05, 4.69) is 40.8 Å². The molecule has 1 saturated heterocycles. The van der Waals surface area contributed by atoms with Gasteiger partial charge < -0.3 is 10.0 Å². The van der Waals surface area contributed by atoms with E-state index in [1.807, 2.05) is 0 Å². The molecule has 3 rings (SSSR count). The number of carbonyl (C=O) groups excluding carboxylic acids is 1. The quantitative estimate of drug-likeness (QED) is 0.869. The highest BCUT2D eigenvalue weighted by atomic mass is 16.4. The molecule has 0 aliphatic carbocycles. The van der Waals surface area contributed by atoms with E-state index in [9.17, 15) is 9.59 Å². The van der Waals surface area contributed by atoms with Gasteiger partial charge in [0.15, 0.2) is 0 Å². The summed E-state index contributed by atoms with van der Waals surface area (Å²) in [6.45, 7) is 5.70. The molecule has 1 aliphatic heterocycles. The molecule has 2 aromatic rings. The molecule has 6 heteroatoms. The Morgan fingerprint density at radius 3 is 2.50 bits per heavy atom. The van der Waals surface area contributed by atoms with Gasteiger partial charge in [0, 0.05) is 24.9 Å². The van der Waals surface area contributed by atoms with Gasteiger partial charge in [0.05, 0.1) is 5.52 Å². The summed E-state index contributed by atoms with van der Waals surface area (Å²) in [6, 6.07) is 4.20. The van der Waals surface area contributed by atoms with E-state index in [-0.39, 0.29) is 12.3 Å². The van der Waals surface area contributed by atoms with Crippen molar-refractivity contribution in [2.75, 3.05) is 18.0 Å². The van der Waals surface area contributed by atoms with Crippen molar-refractivity contribution in [1.29, 1.82) is 0 Å². The average Bonchev–Trinajstić information content (AvgIpc) is 2.56. The van der Waals surface area contributed by atoms with Crippen molar-refractivity contribution in [3.8, 4) is 0 Å². The molecule has 0 radical (unpaired) electrons. The van der Waals surface area contributed by atoms with Crippen molar-refractivity contribution in [1.82, 2.24) is 9.97 Å². The maximum absolute atomic E-state index is 11.4. The lowest BCUT2D eigenvalue weighted by Gasteiger charge is -2.33. The summed E-state index contributed by atoms with van der Waals surface area (Å²) < 4.78 is 0. The van der Waals surface area contributed by atoms with Crippen molar-refractivity contribution >= 4 is 28.5 Å². The van der Waals surface area contributed by atoms with Crippen molar-refractivity contribution in [2.24, 2.45) is 5.92 Å². The fourth-order valence-corrected chi connectivity index (χ4v) is 3.25. The Morgan fingerprint density at radius 2 is 1.83 bits per heavy atom. The Labute approximate surface area is 140 Å². The minimum atomic E-state index is -1.33. The first kappa shape index (κ1) is 16.4. The predicted molar refractivity (Wildman–Crippen MR) is 91.2 cm³/mol. The third kappa shape index (κ3) is 3.22. The molecule has 0 bridgehead atoms. The van der Waals surface area contributed by atoms with Gasteiger partial charge >= 0.3 is 5.97 Å². The topological polar surface area (TPSA) is 83.4 Å². The molecule has 1 fully saturated rings. The van der Waals surface area contributed by atoms with Crippen molar-refractivity contribution < 1.29 is 14.7 Å². The van der Waals surface area contributed by atoms with E-state index < -0.39 is 11.8 Å². The maximum Gasteiger partial charge on any atom is 0.372 e. The number of carboxylic acids is 1. The second-order valence-electron chi connectivity index (χ2n) is 6.51. The van der Waals surface area contributed by atoms with E-state index in [1.54, 1.807) is 6.33 Å². The van der Waals surface area contributed by atoms with Gasteiger partial charge in [-0.05, 0) is 55.9 Å². The molecule has 0 unspecified atom stereocenters. The maximum atomic E-state index is 11.4. The summed E-state index contributed by atoms with van der Waals surface area (Å²) in [5.41, 5.74) is 3.35. The van der Waals surface area contributed by atoms with Crippen LogP contribution in [0.5, 0.6) is 0 Å². The van der Waals surface area contributed by atoms with E-state index in [1.165, 1.54) is 11.1 Å². The predicted octanol–water partition coefficient (Wildman–Crippen LogP) is 2.51. The van der Waals surface area contributed by atoms with Gasteiger partial charge in [0.25, 0.3) is 0 Å². The summed E-state index contributed by atoms with van der Waals surface area (Å²) in [5, 5.41) is 9.77. The lowest BCUT2D eigenvalue weighted by atomic mass is 9.91. The molecule has 1 N–H and O–H groups in total. The minimum absolute atomic E-state index is 0.131. The minimum Gasteiger partial charge on any atom is -0.476 e. The van der Waals surface area contributed by atoms with E-state index in [0.29, 0.717) is 0 Å². The molecule has 6 nitrogen and oxygen atoms in total. The third-order valence-corrected chi connectivity index (χ3v) is 4.86. The van der Waals surface area contributed by atoms with Gasteiger partial charge in [-0.3, -0.25) is 4.79 Å². The number of hydrogen-bond acceptors (Lipinski definition) is 5. The number of carboxylic acid groups (broad SMARTS) is 1. The zero-order valence-corrected chi connectivity index (χ0v) is 14.0. The first-order chi connectivity index (χ1) is 11.5. The van der Waals surface area contributed by atoms with Crippen LogP contribution in [0.1, 0.15) is 30.4 Å². The molecule has 0 saturated carbocycles. The average molecular weight is 327 g/mol. The number of piperidine rings is 1. The second kappa shape index (κ2) is 6.55. The molecule has 1 aromatic carbocycles. The Bertz CT molecular complexity index is 795.